The summed E-state index contributed by atoms with van der Waals surface area (Å²) in [4.78, 5) is 4.37. The largest absolute Gasteiger partial charge is 0.396 e. The molecule has 5 nitrogen and oxygen atoms in total. The Morgan fingerprint density at radius 3 is 2.94 bits per heavy atom. The van der Waals surface area contributed by atoms with Crippen molar-refractivity contribution in [1.82, 2.24) is 14.6 Å². The van der Waals surface area contributed by atoms with Crippen molar-refractivity contribution in [2.24, 2.45) is 0 Å². The molecule has 0 radical (unpaired) electrons. The predicted molar refractivity (Wildman–Crippen MR) is 72.0 cm³/mol. The van der Waals surface area contributed by atoms with Crippen LogP contribution in [0.25, 0.3) is 5.65 Å². The van der Waals surface area contributed by atoms with Crippen molar-refractivity contribution in [2.75, 3.05) is 11.9 Å². The summed E-state index contributed by atoms with van der Waals surface area (Å²) in [6.07, 6.45) is 3.24. The van der Waals surface area contributed by atoms with Crippen molar-refractivity contribution in [1.29, 1.82) is 0 Å². The van der Waals surface area contributed by atoms with Crippen LogP contribution >= 0.6 is 11.6 Å². The molecule has 0 amide bonds. The molecule has 6 heteroatoms. The van der Waals surface area contributed by atoms with Gasteiger partial charge in [-0.1, -0.05) is 18.5 Å². The van der Waals surface area contributed by atoms with Gasteiger partial charge in [-0.2, -0.15) is 4.98 Å². The topological polar surface area (TPSA) is 62.5 Å². The number of anilines is 1. The van der Waals surface area contributed by atoms with Gasteiger partial charge in [-0.15, -0.1) is 5.10 Å². The average molecular weight is 269 g/mol. The zero-order valence-electron chi connectivity index (χ0n) is 10.5. The molecule has 0 spiro atoms. The Kier molecular flexibility index (Phi) is 3.73. The third-order valence-corrected chi connectivity index (χ3v) is 3.38. The number of halogens is 1. The van der Waals surface area contributed by atoms with E-state index in [2.05, 4.69) is 22.3 Å². The van der Waals surface area contributed by atoms with Crippen molar-refractivity contribution < 1.29 is 5.11 Å². The summed E-state index contributed by atoms with van der Waals surface area (Å²) in [5, 5.41) is 17.3. The number of aromatic nitrogens is 3. The minimum absolute atomic E-state index is 0.135. The summed E-state index contributed by atoms with van der Waals surface area (Å²) in [5.74, 6) is 0.551. The highest BCUT2D eigenvalue weighted by molar-refractivity contribution is 6.30. The van der Waals surface area contributed by atoms with Gasteiger partial charge in [-0.3, -0.25) is 0 Å². The summed E-state index contributed by atoms with van der Waals surface area (Å²) in [6.45, 7) is 4.24. The number of nitrogens with one attached hydrogen (secondary N) is 1. The number of hydrogen-bond acceptors (Lipinski definition) is 4. The van der Waals surface area contributed by atoms with E-state index in [1.165, 1.54) is 0 Å². The standard InChI is InChI=1S/C12H17ClN4O/c1-3-12(2,6-7-18)15-11-14-10-5-4-9(13)8-17(10)16-11/h4-5,8,18H,3,6-7H2,1-2H3,(H,15,16). The van der Waals surface area contributed by atoms with Gasteiger partial charge in [-0.05, 0) is 31.9 Å². The Bertz CT molecular complexity index is 542. The number of aliphatic hydroxyl groups is 1. The van der Waals surface area contributed by atoms with E-state index in [-0.39, 0.29) is 12.1 Å². The van der Waals surface area contributed by atoms with Crippen molar-refractivity contribution >= 4 is 23.2 Å². The van der Waals surface area contributed by atoms with E-state index >= 15 is 0 Å². The molecular weight excluding hydrogens is 252 g/mol. The molecule has 0 aliphatic carbocycles. The average Bonchev–Trinajstić information content (AvgIpc) is 2.70. The molecule has 2 heterocycles. The number of nitrogens with zero attached hydrogens (tertiary/aromatic N) is 3. The van der Waals surface area contributed by atoms with Gasteiger partial charge >= 0.3 is 0 Å². The third kappa shape index (κ3) is 2.73. The van der Waals surface area contributed by atoms with Gasteiger partial charge in [0.15, 0.2) is 5.65 Å². The van der Waals surface area contributed by atoms with Crippen molar-refractivity contribution in [3.05, 3.63) is 23.4 Å². The highest BCUT2D eigenvalue weighted by atomic mass is 35.5. The molecular formula is C12H17ClN4O. The quantitative estimate of drug-likeness (QED) is 0.874. The van der Waals surface area contributed by atoms with Crippen LogP contribution in [-0.4, -0.2) is 31.9 Å². The maximum Gasteiger partial charge on any atom is 0.243 e. The second-order valence-electron chi connectivity index (χ2n) is 4.60. The van der Waals surface area contributed by atoms with E-state index in [1.807, 2.05) is 13.0 Å². The first-order valence-electron chi connectivity index (χ1n) is 5.97. The zero-order valence-corrected chi connectivity index (χ0v) is 11.3. The molecule has 2 aromatic rings. The van der Waals surface area contributed by atoms with Crippen LogP contribution in [0.15, 0.2) is 18.3 Å². The van der Waals surface area contributed by atoms with Crippen LogP contribution in [-0.2, 0) is 0 Å². The van der Waals surface area contributed by atoms with Gasteiger partial charge in [0.25, 0.3) is 0 Å². The van der Waals surface area contributed by atoms with Crippen LogP contribution in [0, 0.1) is 0 Å². The highest BCUT2D eigenvalue weighted by Crippen LogP contribution is 2.20. The molecule has 0 aliphatic rings. The minimum atomic E-state index is -0.205. The summed E-state index contributed by atoms with van der Waals surface area (Å²) in [5.41, 5.74) is 0.535. The van der Waals surface area contributed by atoms with Crippen molar-refractivity contribution in [3.63, 3.8) is 0 Å². The molecule has 2 N–H and O–H groups in total. The van der Waals surface area contributed by atoms with Gasteiger partial charge in [0, 0.05) is 18.3 Å². The van der Waals surface area contributed by atoms with Crippen molar-refractivity contribution in [3.8, 4) is 0 Å². The maximum atomic E-state index is 9.08. The number of rotatable bonds is 5. The van der Waals surface area contributed by atoms with Crippen LogP contribution in [0.2, 0.25) is 5.02 Å². The molecule has 0 saturated heterocycles. The zero-order chi connectivity index (χ0) is 13.2. The first kappa shape index (κ1) is 13.1. The van der Waals surface area contributed by atoms with E-state index in [4.69, 9.17) is 16.7 Å². The van der Waals surface area contributed by atoms with Gasteiger partial charge in [0.1, 0.15) is 0 Å². The van der Waals surface area contributed by atoms with Gasteiger partial charge in [-0.25, -0.2) is 4.52 Å². The summed E-state index contributed by atoms with van der Waals surface area (Å²) >= 11 is 5.90. The third-order valence-electron chi connectivity index (χ3n) is 3.15. The SMILES string of the molecule is CCC(C)(CCO)Nc1nc2ccc(Cl)cn2n1. The number of pyridine rings is 1. The lowest BCUT2D eigenvalue weighted by atomic mass is 9.95. The van der Waals surface area contributed by atoms with Gasteiger partial charge in [0.05, 0.1) is 5.02 Å². The Balaban J connectivity index is 2.26. The molecule has 98 valence electrons. The van der Waals surface area contributed by atoms with Crippen LogP contribution in [0.1, 0.15) is 26.7 Å². The Hall–Kier alpha value is -1.33. The molecule has 2 aromatic heterocycles. The first-order chi connectivity index (χ1) is 8.56. The Morgan fingerprint density at radius 2 is 2.28 bits per heavy atom. The smallest absolute Gasteiger partial charge is 0.243 e. The van der Waals surface area contributed by atoms with Gasteiger partial charge < -0.3 is 10.4 Å². The predicted octanol–water partition coefficient (Wildman–Crippen LogP) is 2.35. The molecule has 18 heavy (non-hydrogen) atoms. The number of fused-ring (bicyclic) bond motifs is 1. The van der Waals surface area contributed by atoms with E-state index in [9.17, 15) is 0 Å². The minimum Gasteiger partial charge on any atom is -0.396 e. The van der Waals surface area contributed by atoms with E-state index < -0.39 is 0 Å². The first-order valence-corrected chi connectivity index (χ1v) is 6.35. The molecule has 0 fully saturated rings. The molecule has 2 rings (SSSR count). The number of aliphatic hydroxyl groups excluding tert-OH is 1. The van der Waals surface area contributed by atoms with Gasteiger partial charge in [0.2, 0.25) is 5.95 Å². The van der Waals surface area contributed by atoms with Crippen LogP contribution in [0.3, 0.4) is 0 Å². The summed E-state index contributed by atoms with van der Waals surface area (Å²) in [6, 6.07) is 3.60. The Labute approximate surface area is 111 Å². The van der Waals surface area contributed by atoms with E-state index in [0.29, 0.717) is 17.4 Å². The molecule has 0 saturated carbocycles. The fraction of sp³-hybridized carbons (Fsp3) is 0.500. The summed E-state index contributed by atoms with van der Waals surface area (Å²) < 4.78 is 1.64. The molecule has 0 aliphatic heterocycles. The maximum absolute atomic E-state index is 9.08. The van der Waals surface area contributed by atoms with E-state index in [0.717, 1.165) is 12.1 Å². The van der Waals surface area contributed by atoms with E-state index in [1.54, 1.807) is 16.8 Å². The monoisotopic (exact) mass is 268 g/mol. The highest BCUT2D eigenvalue weighted by Gasteiger charge is 2.22. The fourth-order valence-corrected chi connectivity index (χ4v) is 1.91. The lowest BCUT2D eigenvalue weighted by Gasteiger charge is -2.28. The summed E-state index contributed by atoms with van der Waals surface area (Å²) in [7, 11) is 0. The van der Waals surface area contributed by atoms with Crippen LogP contribution < -0.4 is 5.32 Å². The lowest BCUT2D eigenvalue weighted by Crippen LogP contribution is -2.35. The molecule has 1 unspecified atom stereocenters. The second-order valence-corrected chi connectivity index (χ2v) is 5.03. The van der Waals surface area contributed by atoms with Crippen molar-refractivity contribution in [2.45, 2.75) is 32.2 Å². The van der Waals surface area contributed by atoms with Crippen LogP contribution in [0.5, 0.6) is 0 Å². The van der Waals surface area contributed by atoms with Crippen LogP contribution in [0.4, 0.5) is 5.95 Å². The molecule has 1 atom stereocenters. The fourth-order valence-electron chi connectivity index (χ4n) is 1.76. The number of hydrogen-bond donors (Lipinski definition) is 2. The normalized spacial score (nSPS) is 14.7. The lowest BCUT2D eigenvalue weighted by molar-refractivity contribution is 0.251. The second kappa shape index (κ2) is 5.12. The molecule has 0 aromatic carbocycles. The Morgan fingerprint density at radius 1 is 1.50 bits per heavy atom. The molecule has 0 bridgehead atoms.